The molecule has 10 N–H and O–H groups in total. The number of aromatic hydroxyl groups is 1. The van der Waals surface area contributed by atoms with E-state index in [1.54, 1.807) is 62.6 Å². The number of phenolic OH excluding ortho intramolecular Hbond substituents is 1. The van der Waals surface area contributed by atoms with Crippen molar-refractivity contribution in [1.82, 2.24) is 49.9 Å². The summed E-state index contributed by atoms with van der Waals surface area (Å²) in [7, 11) is 3.20. The zero-order valence-corrected chi connectivity index (χ0v) is 71.2. The van der Waals surface area contributed by atoms with Crippen molar-refractivity contribution in [2.45, 2.75) is 231 Å². The molecule has 7 heterocycles. The number of amides is 2. The number of piperidine rings is 1. The number of esters is 1. The minimum absolute atomic E-state index is 0.0257. The van der Waals surface area contributed by atoms with E-state index in [-0.39, 0.29) is 80.1 Å². The van der Waals surface area contributed by atoms with Gasteiger partial charge in [0, 0.05) is 101 Å². The first-order chi connectivity index (χ1) is 57.8. The Balaban J connectivity index is 0.614. The number of hydrogen-bond donors (Lipinski definition) is 8. The van der Waals surface area contributed by atoms with E-state index < -0.39 is 95.4 Å². The summed E-state index contributed by atoms with van der Waals surface area (Å²) in [5, 5.41) is 62.4. The van der Waals surface area contributed by atoms with Gasteiger partial charge in [0.05, 0.1) is 127 Å². The fraction of sp³-hybridized carbons (Fsp3) is 0.667. The Bertz CT molecular complexity index is 4180. The number of nitrogen functional groups attached to an aromatic ring is 1. The van der Waals surface area contributed by atoms with E-state index in [0.29, 0.717) is 186 Å². The van der Waals surface area contributed by atoms with E-state index >= 15 is 0 Å². The zero-order chi connectivity index (χ0) is 86.1. The Labute approximate surface area is 703 Å². The lowest BCUT2D eigenvalue weighted by Crippen LogP contribution is -2.61. The number of allylic oxidation sites excluding steroid dienone is 6. The number of Topliss-reactive ketones (excluding diaryl/α,β-unsaturated/α-hetero) is 3. The molecular formula is C87H130N12O21. The number of aromatic nitrogens is 8. The summed E-state index contributed by atoms with van der Waals surface area (Å²) >= 11 is 0. The van der Waals surface area contributed by atoms with Gasteiger partial charge >= 0.3 is 5.97 Å². The van der Waals surface area contributed by atoms with Crippen LogP contribution in [0.2, 0.25) is 0 Å². The van der Waals surface area contributed by atoms with Crippen LogP contribution in [0.3, 0.4) is 0 Å². The lowest BCUT2D eigenvalue weighted by Gasteiger charge is -2.42. The largest absolute Gasteiger partial charge is 0.508 e. The number of ketones is 3. The highest BCUT2D eigenvalue weighted by Gasteiger charge is 2.53. The van der Waals surface area contributed by atoms with Crippen molar-refractivity contribution in [3.05, 3.63) is 90.1 Å². The number of anilines is 1. The fourth-order valence-electron chi connectivity index (χ4n) is 15.9. The first kappa shape index (κ1) is 95.7. The van der Waals surface area contributed by atoms with Gasteiger partial charge in [-0.2, -0.15) is 5.10 Å². The smallest absolute Gasteiger partial charge is 0.329 e. The molecule has 33 nitrogen and oxygen atoms in total. The molecule has 2 bridgehead atoms. The van der Waals surface area contributed by atoms with Gasteiger partial charge in [0.25, 0.3) is 11.7 Å². The maximum absolute atomic E-state index is 14.7. The predicted octanol–water partition coefficient (Wildman–Crippen LogP) is 7.52. The first-order valence-electron chi connectivity index (χ1n) is 42.8. The third kappa shape index (κ3) is 28.7. The molecule has 2 amide bonds. The number of fused-ring (bicyclic) bond motifs is 5. The van der Waals surface area contributed by atoms with Crippen LogP contribution in [0.4, 0.5) is 5.82 Å². The zero-order valence-electron chi connectivity index (χ0n) is 71.2. The van der Waals surface area contributed by atoms with E-state index in [1.807, 2.05) is 56.5 Å². The second kappa shape index (κ2) is 49.2. The van der Waals surface area contributed by atoms with Crippen LogP contribution in [0.5, 0.6) is 5.75 Å². The van der Waals surface area contributed by atoms with Crippen LogP contribution < -0.4 is 16.8 Å². The molecule has 664 valence electrons. The van der Waals surface area contributed by atoms with Gasteiger partial charge < -0.3 is 99.2 Å². The molecule has 2 saturated heterocycles. The number of carbonyl (C=O) groups is 6. The molecular weight excluding hydrogens is 1550 g/mol. The molecule has 0 radical (unpaired) electrons. The van der Waals surface area contributed by atoms with Gasteiger partial charge in [-0.15, -0.1) is 5.10 Å². The monoisotopic (exact) mass is 1680 g/mol. The molecule has 15 atom stereocenters. The number of aliphatic hydroxyl groups is 3. The van der Waals surface area contributed by atoms with Crippen molar-refractivity contribution < 1.29 is 101 Å². The number of aliphatic hydroxyl groups excluding tert-OH is 2. The van der Waals surface area contributed by atoms with Gasteiger partial charge in [0.2, 0.25) is 11.7 Å². The van der Waals surface area contributed by atoms with Crippen molar-refractivity contribution in [2.24, 2.45) is 35.3 Å². The lowest BCUT2D eigenvalue weighted by molar-refractivity contribution is -0.265. The van der Waals surface area contributed by atoms with Crippen LogP contribution in [0.1, 0.15) is 156 Å². The van der Waals surface area contributed by atoms with Crippen LogP contribution in [0.15, 0.2) is 84.4 Å². The second-order valence-corrected chi connectivity index (χ2v) is 32.3. The van der Waals surface area contributed by atoms with Gasteiger partial charge in [-0.05, 0) is 157 Å². The highest BCUT2D eigenvalue weighted by atomic mass is 16.6. The maximum atomic E-state index is 14.7. The van der Waals surface area contributed by atoms with Gasteiger partial charge in [-0.3, -0.25) is 24.0 Å². The number of nitrogens with zero attached hydrogens (tertiary/aromatic N) is 8. The molecule has 9 rings (SSSR count). The van der Waals surface area contributed by atoms with E-state index in [2.05, 4.69) is 30.6 Å². The molecule has 0 spiro atoms. The summed E-state index contributed by atoms with van der Waals surface area (Å²) in [6, 6.07) is 4.88. The second-order valence-electron chi connectivity index (χ2n) is 32.3. The van der Waals surface area contributed by atoms with Gasteiger partial charge in [-0.25, -0.2) is 24.1 Å². The number of ether oxygens (including phenoxy) is 11. The molecule has 1 saturated carbocycles. The normalized spacial score (nSPS) is 27.4. The number of cyclic esters (lactones) is 1. The van der Waals surface area contributed by atoms with Crippen LogP contribution in [-0.4, -0.2) is 274 Å². The minimum Gasteiger partial charge on any atom is -0.508 e. The van der Waals surface area contributed by atoms with Gasteiger partial charge in [0.1, 0.15) is 53.7 Å². The average molecular weight is 1680 g/mol. The summed E-state index contributed by atoms with van der Waals surface area (Å²) in [4.78, 5) is 97.1. The van der Waals surface area contributed by atoms with Crippen LogP contribution in [-0.2, 0) is 100 Å². The maximum Gasteiger partial charge on any atom is 0.329 e. The topological polar surface area (TPSA) is 442 Å². The summed E-state index contributed by atoms with van der Waals surface area (Å²) in [5.74, 6) is -8.50. The van der Waals surface area contributed by atoms with Gasteiger partial charge in [0.15, 0.2) is 11.4 Å². The van der Waals surface area contributed by atoms with Crippen LogP contribution in [0, 0.1) is 29.6 Å². The summed E-state index contributed by atoms with van der Waals surface area (Å²) in [5.41, 5.74) is 18.1. The number of methoxy groups -OCH3 is 2. The summed E-state index contributed by atoms with van der Waals surface area (Å²) < 4.78 is 68.2. The number of benzene rings is 1. The number of rotatable bonds is 38. The van der Waals surface area contributed by atoms with Crippen LogP contribution in [0.25, 0.3) is 33.3 Å². The number of aromatic amines is 1. The fourth-order valence-corrected chi connectivity index (χ4v) is 15.9. The average Bonchev–Trinajstić information content (AvgIpc) is 1.59. The molecule has 120 heavy (non-hydrogen) atoms. The van der Waals surface area contributed by atoms with E-state index in [9.17, 15) is 49.2 Å². The highest BCUT2D eigenvalue weighted by molar-refractivity contribution is 6.39. The number of unbranched alkanes of at least 4 members (excludes halogenated alkanes) is 2. The highest BCUT2D eigenvalue weighted by Crippen LogP contribution is 2.39. The third-order valence-corrected chi connectivity index (χ3v) is 23.0. The standard InChI is InChI=1S/C87H130N12O21/c1-56-18-10-9-11-19-57(2)73(110-7)52-66-25-22-61(6)87(109,120-66)82(106)85(107)98-30-15-12-21-70(98)86(108)119-74(53-71(101)58(3)47-60(5)80(104)81(105)79(103)59(4)46-56)67(88)48-62-23-27-72(75(49-62)111-8)118-33-17-13-20-64-54-97(96-94-64)32-35-113-37-39-115-41-43-117-45-44-116-42-40-114-38-36-112-34-28-76(102)90-29-14-16-31-99-84-77(83(89)91-55-92-84)78(95-99)69-51-63-50-65(100)24-26-68(63)93-69/h9-11,18-19,24,26,47,50-51,54-56,58-59,61-62,66-67,70,72-75,80-81,93,100,104-105,109H,12-17,20-23,25,27-46,48-49,52-53,88H2,1-8H3,(H,90,102)(H2,89,91,92)/b11-9+,18-10+,57-19+,60-47+/t56-,58-,59-,61-,62+,66+,67-,70+,72-,73+,74+,75-,80-,81+,87-/m1/s1. The van der Waals surface area contributed by atoms with Crippen molar-refractivity contribution in [3.63, 3.8) is 0 Å². The van der Waals surface area contributed by atoms with E-state index in [4.69, 9.17) is 68.7 Å². The van der Waals surface area contributed by atoms with Crippen molar-refractivity contribution in [2.75, 3.05) is 119 Å². The summed E-state index contributed by atoms with van der Waals surface area (Å²) in [6.45, 7) is 17.2. The molecule has 1 aliphatic carbocycles. The van der Waals surface area contributed by atoms with Crippen molar-refractivity contribution >= 4 is 62.9 Å². The van der Waals surface area contributed by atoms with Crippen molar-refractivity contribution in [3.8, 4) is 17.1 Å². The lowest BCUT2D eigenvalue weighted by atomic mass is 9.80. The number of nitrogens with two attached hydrogens (primary N) is 2. The number of H-pyrrole nitrogens is 1. The Kier molecular flexibility index (Phi) is 39.3. The molecule has 33 heteroatoms. The molecule has 4 aromatic heterocycles. The Morgan fingerprint density at radius 1 is 0.758 bits per heavy atom. The van der Waals surface area contributed by atoms with Crippen molar-refractivity contribution in [1.29, 1.82) is 0 Å². The molecule has 5 aromatic rings. The first-order valence-corrected chi connectivity index (χ1v) is 42.8. The number of nitrogens with one attached hydrogen (secondary N) is 2. The SMILES string of the molecule is CO[C@H]1C[C@@H]2CC[C@@H](C)[C@@](O)(O2)C(=O)C(=O)N2CCCC[C@H]2C(=O)O[C@H]([C@H](N)C[C@@H]2CC[C@@H](OCCCCc3cn(CCOCCOCCOCCOCCOCCOCCC(=O)NCCCCn4nc(-c5cc6cc(O)ccc6[nH]5)c5c(N)ncnc54)nn3)[C@H](OC)C2)CC(=O)[C@H](C)/C=C(\C)[C@@H](O)[C@@H](O)C(=O)[C@H](C)C[C@H](C)/C=C/C=C/C=C/1C. The molecule has 4 aliphatic rings. The van der Waals surface area contributed by atoms with Gasteiger partial charge in [-0.1, -0.05) is 69.4 Å². The summed E-state index contributed by atoms with van der Waals surface area (Å²) in [6.07, 6.45) is 16.6. The third-order valence-electron chi connectivity index (χ3n) is 23.0. The Hall–Kier alpha value is -8.13. The predicted molar refractivity (Wildman–Crippen MR) is 446 cm³/mol. The number of phenols is 1. The van der Waals surface area contributed by atoms with Crippen LogP contribution >= 0.6 is 0 Å². The quantitative estimate of drug-likeness (QED) is 0.00819. The Morgan fingerprint density at radius 2 is 1.48 bits per heavy atom. The molecule has 0 unspecified atom stereocenters. The minimum atomic E-state index is -2.49. The molecule has 1 aromatic carbocycles. The number of carbonyl (C=O) groups excluding carboxylic acids is 6. The molecule has 3 fully saturated rings. The van der Waals surface area contributed by atoms with E-state index in [0.717, 1.165) is 58.4 Å². The number of hydrogen-bond acceptors (Lipinski definition) is 28. The van der Waals surface area contributed by atoms with E-state index in [1.165, 1.54) is 19.3 Å². The Morgan fingerprint density at radius 3 is 2.19 bits per heavy atom. The molecule has 3 aliphatic heterocycles. The number of aryl methyl sites for hydroxylation is 2.